The van der Waals surface area contributed by atoms with Crippen molar-refractivity contribution in [1.29, 1.82) is 0 Å². The summed E-state index contributed by atoms with van der Waals surface area (Å²) in [4.78, 5) is 17.4. The van der Waals surface area contributed by atoms with E-state index in [1.54, 1.807) is 6.07 Å². The van der Waals surface area contributed by atoms with Crippen molar-refractivity contribution in [1.82, 2.24) is 4.98 Å². The van der Waals surface area contributed by atoms with Crippen LogP contribution >= 0.6 is 0 Å². The molecule has 1 saturated carbocycles. The molecule has 2 aromatic rings. The average molecular weight is 367 g/mol. The number of allylic oxidation sites excluding steroid dienone is 1. The number of carbonyl (C=O) groups excluding carboxylic acids is 1. The maximum absolute atomic E-state index is 12.8. The van der Waals surface area contributed by atoms with Crippen LogP contribution in [0.3, 0.4) is 0 Å². The quantitative estimate of drug-likeness (QED) is 0.540. The zero-order valence-electron chi connectivity index (χ0n) is 16.1. The molecule has 0 N–H and O–H groups in total. The number of pyridine rings is 1. The van der Waals surface area contributed by atoms with Gasteiger partial charge in [-0.15, -0.1) is 0 Å². The number of rotatable bonds is 7. The fraction of sp³-hybridized carbons (Fsp3) is 0.364. The Labute approximate surface area is 160 Å². The minimum absolute atomic E-state index is 0.326. The zero-order valence-corrected chi connectivity index (χ0v) is 16.1. The third-order valence-corrected chi connectivity index (χ3v) is 5.18. The summed E-state index contributed by atoms with van der Waals surface area (Å²) in [5.74, 6) is 0.768. The monoisotopic (exact) mass is 367 g/mol. The Balaban J connectivity index is 1.95. The number of methoxy groups -OCH3 is 1. The molecular formula is C22H25NO4. The van der Waals surface area contributed by atoms with Gasteiger partial charge in [-0.1, -0.05) is 50.3 Å². The molecule has 0 saturated heterocycles. The number of nitrogens with zero attached hydrogens (tertiary/aromatic N) is 1. The Kier molecular flexibility index (Phi) is 5.33. The average Bonchev–Trinajstić information content (AvgIpc) is 3.18. The summed E-state index contributed by atoms with van der Waals surface area (Å²) in [7, 11) is 1.39. The van der Waals surface area contributed by atoms with E-state index in [1.807, 2.05) is 75.4 Å². The number of para-hydroxylation sites is 1. The van der Waals surface area contributed by atoms with Crippen LogP contribution in [0.2, 0.25) is 0 Å². The van der Waals surface area contributed by atoms with Crippen molar-refractivity contribution in [2.24, 2.45) is 5.41 Å². The number of hydrogen-bond donors (Lipinski definition) is 0. The highest BCUT2D eigenvalue weighted by Gasteiger charge is 2.79. The van der Waals surface area contributed by atoms with Gasteiger partial charge in [0.15, 0.2) is 0 Å². The molecule has 1 heterocycles. The van der Waals surface area contributed by atoms with Crippen molar-refractivity contribution in [3.8, 4) is 11.6 Å². The van der Waals surface area contributed by atoms with Crippen LogP contribution in [0.15, 0.2) is 60.7 Å². The van der Waals surface area contributed by atoms with Crippen LogP contribution in [0, 0.1) is 5.41 Å². The van der Waals surface area contributed by atoms with Crippen LogP contribution in [0.25, 0.3) is 0 Å². The topological polar surface area (TPSA) is 57.7 Å². The van der Waals surface area contributed by atoms with Gasteiger partial charge in [0, 0.05) is 11.5 Å². The third-order valence-electron chi connectivity index (χ3n) is 5.18. The predicted molar refractivity (Wildman–Crippen MR) is 103 cm³/mol. The molecule has 0 amide bonds. The van der Waals surface area contributed by atoms with E-state index in [-0.39, 0.29) is 12.1 Å². The van der Waals surface area contributed by atoms with Crippen molar-refractivity contribution in [2.45, 2.75) is 32.3 Å². The van der Waals surface area contributed by atoms with Crippen LogP contribution in [-0.4, -0.2) is 30.8 Å². The molecule has 5 nitrogen and oxygen atoms in total. The van der Waals surface area contributed by atoms with Gasteiger partial charge in [-0.2, -0.15) is 0 Å². The van der Waals surface area contributed by atoms with Crippen LogP contribution in [0.1, 0.15) is 26.5 Å². The van der Waals surface area contributed by atoms with Crippen molar-refractivity contribution >= 4 is 5.97 Å². The van der Waals surface area contributed by atoms with E-state index in [0.29, 0.717) is 23.9 Å². The van der Waals surface area contributed by atoms with Gasteiger partial charge >= 0.3 is 5.97 Å². The highest BCUT2D eigenvalue weighted by molar-refractivity contribution is 5.90. The van der Waals surface area contributed by atoms with Gasteiger partial charge in [0.2, 0.25) is 5.88 Å². The van der Waals surface area contributed by atoms with E-state index in [2.05, 4.69) is 4.98 Å². The molecule has 2 atom stereocenters. The third kappa shape index (κ3) is 3.23. The summed E-state index contributed by atoms with van der Waals surface area (Å²) >= 11 is 0. The first-order chi connectivity index (χ1) is 13.0. The van der Waals surface area contributed by atoms with E-state index in [4.69, 9.17) is 14.2 Å². The molecule has 0 spiro atoms. The fourth-order valence-corrected chi connectivity index (χ4v) is 3.70. The first kappa shape index (κ1) is 19.1. The molecule has 2 unspecified atom stereocenters. The fourth-order valence-electron chi connectivity index (χ4n) is 3.70. The van der Waals surface area contributed by atoms with E-state index in [9.17, 15) is 4.79 Å². The van der Waals surface area contributed by atoms with E-state index >= 15 is 0 Å². The molecule has 142 valence electrons. The molecule has 1 fully saturated rings. The van der Waals surface area contributed by atoms with Gasteiger partial charge in [-0.3, -0.25) is 4.79 Å². The Hall–Kier alpha value is -2.66. The Morgan fingerprint density at radius 1 is 1.15 bits per heavy atom. The van der Waals surface area contributed by atoms with E-state index in [1.165, 1.54) is 7.11 Å². The molecule has 27 heavy (non-hydrogen) atoms. The lowest BCUT2D eigenvalue weighted by atomic mass is 9.91. The summed E-state index contributed by atoms with van der Waals surface area (Å²) in [6.45, 7) is 6.36. The van der Waals surface area contributed by atoms with E-state index in [0.717, 1.165) is 0 Å². The molecule has 1 aromatic heterocycles. The van der Waals surface area contributed by atoms with Crippen molar-refractivity contribution in [3.63, 3.8) is 0 Å². The van der Waals surface area contributed by atoms with Crippen molar-refractivity contribution in [3.05, 3.63) is 66.4 Å². The number of hydrogen-bond acceptors (Lipinski definition) is 5. The second kappa shape index (κ2) is 7.53. The van der Waals surface area contributed by atoms with Crippen molar-refractivity contribution in [2.75, 3.05) is 13.7 Å². The predicted octanol–water partition coefficient (Wildman–Crippen LogP) is 4.29. The number of carbonyl (C=O) groups is 1. The Morgan fingerprint density at radius 2 is 1.89 bits per heavy atom. The highest BCUT2D eigenvalue weighted by atomic mass is 16.5. The van der Waals surface area contributed by atoms with Crippen LogP contribution < -0.4 is 4.74 Å². The Bertz CT molecular complexity index is 831. The van der Waals surface area contributed by atoms with Gasteiger partial charge in [-0.05, 0) is 25.1 Å². The van der Waals surface area contributed by atoms with Gasteiger partial charge in [0.25, 0.3) is 0 Å². The molecule has 0 radical (unpaired) electrons. The number of aromatic nitrogens is 1. The van der Waals surface area contributed by atoms with Gasteiger partial charge < -0.3 is 14.2 Å². The number of benzene rings is 1. The molecule has 0 bridgehead atoms. The van der Waals surface area contributed by atoms with Crippen LogP contribution in [-0.2, 0) is 19.7 Å². The molecule has 0 aliphatic heterocycles. The lowest BCUT2D eigenvalue weighted by Gasteiger charge is -2.17. The molecule has 5 heteroatoms. The first-order valence-electron chi connectivity index (χ1n) is 9.00. The minimum Gasteiger partial charge on any atom is -0.468 e. The second-order valence-electron chi connectivity index (χ2n) is 7.08. The highest BCUT2D eigenvalue weighted by Crippen LogP contribution is 2.66. The number of ether oxygens (including phenoxy) is 3. The summed E-state index contributed by atoms with van der Waals surface area (Å²) < 4.78 is 17.0. The largest absolute Gasteiger partial charge is 0.468 e. The van der Waals surface area contributed by atoms with Crippen molar-refractivity contribution < 1.29 is 19.0 Å². The summed E-state index contributed by atoms with van der Waals surface area (Å²) in [5, 5.41) is 0. The molecule has 3 rings (SSSR count). The minimum atomic E-state index is -0.959. The maximum atomic E-state index is 12.8. The second-order valence-corrected chi connectivity index (χ2v) is 7.08. The smallest absolute Gasteiger partial charge is 0.321 e. The first-order valence-corrected chi connectivity index (χ1v) is 9.00. The molecule has 1 aromatic carbocycles. The normalized spacial score (nSPS) is 23.2. The van der Waals surface area contributed by atoms with E-state index < -0.39 is 10.8 Å². The molecule has 1 aliphatic rings. The van der Waals surface area contributed by atoms with Gasteiger partial charge in [0.1, 0.15) is 11.2 Å². The Morgan fingerprint density at radius 3 is 2.56 bits per heavy atom. The summed E-state index contributed by atoms with van der Waals surface area (Å²) in [5.41, 5.74) is -0.808. The molecule has 1 aliphatic carbocycles. The number of esters is 1. The standard InChI is InChI=1S/C22H25NO4/c1-5-6-15-26-19-21(2,3)22(19,20(24)25-4)17-13-10-14-18(23-17)27-16-11-8-7-9-12-16/h5-14,19H,15H2,1-4H3. The zero-order chi connectivity index (χ0) is 19.5. The summed E-state index contributed by atoms with van der Waals surface area (Å²) in [6.07, 6.45) is 3.51. The lowest BCUT2D eigenvalue weighted by Crippen LogP contribution is -2.30. The van der Waals surface area contributed by atoms with Crippen LogP contribution in [0.5, 0.6) is 11.6 Å². The SMILES string of the molecule is CC=CCOC1C(C)(C)C1(C(=O)OC)c1cccc(Oc2ccccc2)n1. The maximum Gasteiger partial charge on any atom is 0.321 e. The summed E-state index contributed by atoms with van der Waals surface area (Å²) in [6, 6.07) is 14.9. The lowest BCUT2D eigenvalue weighted by molar-refractivity contribution is -0.145. The van der Waals surface area contributed by atoms with Gasteiger partial charge in [0.05, 0.1) is 25.5 Å². The van der Waals surface area contributed by atoms with Gasteiger partial charge in [-0.25, -0.2) is 4.98 Å². The molecular weight excluding hydrogens is 342 g/mol. The van der Waals surface area contributed by atoms with Crippen LogP contribution in [0.4, 0.5) is 0 Å².